The quantitative estimate of drug-likeness (QED) is 0.157. The zero-order valence-electron chi connectivity index (χ0n) is 28.5. The largest absolute Gasteiger partial charge is 0.496 e. The number of methoxy groups -OCH3 is 2. The zero-order valence-corrected chi connectivity index (χ0v) is 30.0. The molecule has 2 amide bonds. The summed E-state index contributed by atoms with van der Waals surface area (Å²) in [6, 6.07) is 18.0. The van der Waals surface area contributed by atoms with E-state index in [1.165, 1.54) is 0 Å². The van der Waals surface area contributed by atoms with Gasteiger partial charge in [0.2, 0.25) is 17.7 Å². The number of carbonyl (C=O) groups is 2. The second kappa shape index (κ2) is 16.2. The van der Waals surface area contributed by atoms with Crippen molar-refractivity contribution in [2.24, 2.45) is 0 Å². The fourth-order valence-corrected chi connectivity index (χ4v) is 7.37. The highest BCUT2D eigenvalue weighted by molar-refractivity contribution is 6.39. The molecule has 50 heavy (non-hydrogen) atoms. The molecular weight excluding hydrogens is 675 g/mol. The Bertz CT molecular complexity index is 1860. The highest BCUT2D eigenvalue weighted by Crippen LogP contribution is 2.42. The van der Waals surface area contributed by atoms with Crippen LogP contribution < -0.4 is 25.4 Å². The summed E-state index contributed by atoms with van der Waals surface area (Å²) in [5.74, 6) is 1.39. The van der Waals surface area contributed by atoms with E-state index in [9.17, 15) is 9.59 Å². The third-order valence-electron chi connectivity index (χ3n) is 9.33. The van der Waals surface area contributed by atoms with Crippen LogP contribution in [0.25, 0.3) is 33.6 Å². The Morgan fingerprint density at radius 3 is 2.44 bits per heavy atom. The minimum absolute atomic E-state index is 0.0170. The molecule has 12 heteroatoms. The first kappa shape index (κ1) is 35.6. The van der Waals surface area contributed by atoms with Crippen LogP contribution in [0.1, 0.15) is 43.7 Å². The summed E-state index contributed by atoms with van der Waals surface area (Å²) < 4.78 is 11.5. The molecular formula is C38H42Cl2N6O4. The Kier molecular flexibility index (Phi) is 11.5. The average Bonchev–Trinajstić information content (AvgIpc) is 3.54. The Morgan fingerprint density at radius 1 is 0.960 bits per heavy atom. The molecule has 0 bridgehead atoms. The van der Waals surface area contributed by atoms with Gasteiger partial charge in [-0.15, -0.1) is 0 Å². The van der Waals surface area contributed by atoms with Crippen LogP contribution in [0, 0.1) is 0 Å². The highest BCUT2D eigenvalue weighted by atomic mass is 35.5. The predicted molar refractivity (Wildman–Crippen MR) is 196 cm³/mol. The number of nitrogens with one attached hydrogen (secondary N) is 3. The van der Waals surface area contributed by atoms with Crippen LogP contribution in [0.4, 0.5) is 0 Å². The average molecular weight is 718 g/mol. The van der Waals surface area contributed by atoms with Crippen molar-refractivity contribution in [3.63, 3.8) is 0 Å². The van der Waals surface area contributed by atoms with Crippen molar-refractivity contribution in [3.8, 4) is 45.3 Å². The number of rotatable bonds is 12. The molecule has 2 aliphatic rings. The fourth-order valence-electron chi connectivity index (χ4n) is 6.72. The van der Waals surface area contributed by atoms with Gasteiger partial charge >= 0.3 is 0 Å². The fraction of sp³-hybridized carbons (Fsp3) is 0.368. The van der Waals surface area contributed by atoms with Crippen molar-refractivity contribution in [1.82, 2.24) is 30.8 Å². The van der Waals surface area contributed by atoms with Gasteiger partial charge in [-0.05, 0) is 37.5 Å². The van der Waals surface area contributed by atoms with E-state index < -0.39 is 0 Å². The molecule has 0 spiro atoms. The number of hydrogen-bond acceptors (Lipinski definition) is 8. The number of halogens is 2. The molecule has 262 valence electrons. The SMILES string of the molecule is COc1cc(-c2nccc(-c3cccc(-c4ccc(CN5CCC(NC(C)=O)CC5)c(OC)n4)c3Cl)c2Cl)ccc1CNC[C@@H]1CCC(=O)N1. The number of hydrogen-bond donors (Lipinski definition) is 3. The molecule has 0 radical (unpaired) electrons. The van der Waals surface area contributed by atoms with Crippen molar-refractivity contribution in [2.45, 2.75) is 57.8 Å². The summed E-state index contributed by atoms with van der Waals surface area (Å²) in [6.07, 6.45) is 4.97. The van der Waals surface area contributed by atoms with Gasteiger partial charge in [-0.25, -0.2) is 4.98 Å². The lowest BCUT2D eigenvalue weighted by Gasteiger charge is -2.32. The van der Waals surface area contributed by atoms with Crippen LogP contribution in [0.3, 0.4) is 0 Å². The number of amides is 2. The standard InChI is InChI=1S/C38H42Cl2N6O4/c1-23(47)43-27-14-17-46(18-15-27)22-26-9-11-32(45-38(26)50-3)31-6-4-5-29(35(31)39)30-13-16-42-37(36(30)40)24-7-8-25(33(19-24)49-2)20-41-21-28-10-12-34(48)44-28/h4-9,11,13,16,19,27-28,41H,10,12,14-15,17-18,20-22H2,1-3H3,(H,43,47)(H,44,48)/t28-/m0/s1. The van der Waals surface area contributed by atoms with E-state index >= 15 is 0 Å². The van der Waals surface area contributed by atoms with Gasteiger partial charge in [0, 0.05) is 97.7 Å². The molecule has 0 unspecified atom stereocenters. The molecule has 1 atom stereocenters. The van der Waals surface area contributed by atoms with Gasteiger partial charge < -0.3 is 25.4 Å². The van der Waals surface area contributed by atoms with Crippen LogP contribution in [-0.4, -0.2) is 72.6 Å². The van der Waals surface area contributed by atoms with Crippen LogP contribution in [-0.2, 0) is 22.7 Å². The first-order valence-corrected chi connectivity index (χ1v) is 17.6. The number of benzene rings is 2. The molecule has 4 heterocycles. The molecule has 3 N–H and O–H groups in total. The van der Waals surface area contributed by atoms with Gasteiger partial charge in [-0.2, -0.15) is 0 Å². The second-order valence-corrected chi connectivity index (χ2v) is 13.5. The lowest BCUT2D eigenvalue weighted by molar-refractivity contribution is -0.120. The number of pyridine rings is 2. The number of piperidine rings is 1. The van der Waals surface area contributed by atoms with Gasteiger partial charge in [0.15, 0.2) is 0 Å². The molecule has 2 aromatic carbocycles. The van der Waals surface area contributed by atoms with E-state index in [1.807, 2.05) is 54.6 Å². The summed E-state index contributed by atoms with van der Waals surface area (Å²) >= 11 is 14.2. The molecule has 2 saturated heterocycles. The van der Waals surface area contributed by atoms with Crippen LogP contribution in [0.2, 0.25) is 10.0 Å². The molecule has 10 nitrogen and oxygen atoms in total. The number of likely N-dealkylation sites (tertiary alicyclic amines) is 1. The number of aromatic nitrogens is 2. The van der Waals surface area contributed by atoms with Crippen molar-refractivity contribution in [2.75, 3.05) is 33.9 Å². The van der Waals surface area contributed by atoms with Gasteiger partial charge in [0.05, 0.1) is 35.7 Å². The van der Waals surface area contributed by atoms with Crippen molar-refractivity contribution < 1.29 is 19.1 Å². The molecule has 0 saturated carbocycles. The molecule has 2 fully saturated rings. The van der Waals surface area contributed by atoms with E-state index in [-0.39, 0.29) is 23.9 Å². The molecule has 0 aliphatic carbocycles. The number of carbonyl (C=O) groups excluding carboxylic acids is 2. The Labute approximate surface area is 302 Å². The van der Waals surface area contributed by atoms with Gasteiger partial charge in [-0.3, -0.25) is 19.5 Å². The normalized spacial score (nSPS) is 16.7. The maximum absolute atomic E-state index is 11.5. The molecule has 2 aliphatic heterocycles. The zero-order chi connectivity index (χ0) is 35.2. The third-order valence-corrected chi connectivity index (χ3v) is 10.1. The predicted octanol–water partition coefficient (Wildman–Crippen LogP) is 6.27. The Hall–Kier alpha value is -4.22. The lowest BCUT2D eigenvalue weighted by Crippen LogP contribution is -2.43. The topological polar surface area (TPSA) is 118 Å². The van der Waals surface area contributed by atoms with Crippen LogP contribution >= 0.6 is 23.2 Å². The van der Waals surface area contributed by atoms with Crippen molar-refractivity contribution in [1.29, 1.82) is 0 Å². The van der Waals surface area contributed by atoms with E-state index in [1.54, 1.807) is 27.3 Å². The van der Waals surface area contributed by atoms with Gasteiger partial charge in [0.1, 0.15) is 5.75 Å². The van der Waals surface area contributed by atoms with E-state index in [4.69, 9.17) is 37.7 Å². The highest BCUT2D eigenvalue weighted by Gasteiger charge is 2.23. The van der Waals surface area contributed by atoms with E-state index in [0.717, 1.165) is 65.7 Å². The monoisotopic (exact) mass is 716 g/mol. The number of ether oxygens (including phenoxy) is 2. The van der Waals surface area contributed by atoms with Crippen molar-refractivity contribution in [3.05, 3.63) is 82.0 Å². The Balaban J connectivity index is 1.20. The maximum atomic E-state index is 11.5. The van der Waals surface area contributed by atoms with Gasteiger partial charge in [-0.1, -0.05) is 59.6 Å². The Morgan fingerprint density at radius 2 is 1.72 bits per heavy atom. The van der Waals surface area contributed by atoms with Crippen LogP contribution in [0.15, 0.2) is 60.8 Å². The molecule has 6 rings (SSSR count). The summed E-state index contributed by atoms with van der Waals surface area (Å²) in [5, 5.41) is 10.4. The molecule has 2 aromatic heterocycles. The summed E-state index contributed by atoms with van der Waals surface area (Å²) in [5.41, 5.74) is 6.37. The maximum Gasteiger partial charge on any atom is 0.220 e. The van der Waals surface area contributed by atoms with Gasteiger partial charge in [0.25, 0.3) is 0 Å². The summed E-state index contributed by atoms with van der Waals surface area (Å²) in [6.45, 7) is 5.32. The molecule has 4 aromatic rings. The summed E-state index contributed by atoms with van der Waals surface area (Å²) in [7, 11) is 3.27. The first-order valence-electron chi connectivity index (χ1n) is 16.9. The second-order valence-electron chi connectivity index (χ2n) is 12.8. The first-order chi connectivity index (χ1) is 24.2. The van der Waals surface area contributed by atoms with E-state index in [0.29, 0.717) is 59.1 Å². The minimum Gasteiger partial charge on any atom is -0.496 e. The summed E-state index contributed by atoms with van der Waals surface area (Å²) in [4.78, 5) is 34.8. The van der Waals surface area contributed by atoms with Crippen LogP contribution in [0.5, 0.6) is 11.6 Å². The number of nitrogens with zero attached hydrogens (tertiary/aromatic N) is 3. The smallest absolute Gasteiger partial charge is 0.220 e. The lowest BCUT2D eigenvalue weighted by atomic mass is 9.99. The minimum atomic E-state index is 0.0170. The van der Waals surface area contributed by atoms with E-state index in [2.05, 4.69) is 25.8 Å². The van der Waals surface area contributed by atoms with Crippen molar-refractivity contribution >= 4 is 35.0 Å². The third kappa shape index (κ3) is 8.21.